The lowest BCUT2D eigenvalue weighted by molar-refractivity contribution is -0.149. The second-order valence-corrected chi connectivity index (χ2v) is 7.91. The number of esters is 1. The molecule has 0 N–H and O–H groups in total. The van der Waals surface area contributed by atoms with Crippen LogP contribution in [0, 0.1) is 5.92 Å². The molecule has 2 aromatic heterocycles. The van der Waals surface area contributed by atoms with Crippen LogP contribution in [0.3, 0.4) is 0 Å². The molecule has 1 atom stereocenters. The van der Waals surface area contributed by atoms with Crippen molar-refractivity contribution in [3.05, 3.63) is 52.3 Å². The summed E-state index contributed by atoms with van der Waals surface area (Å²) in [5, 5.41) is 5.28. The number of halogens is 2. The molecule has 30 heavy (non-hydrogen) atoms. The number of likely N-dealkylation sites (tertiary alicyclic amines) is 1. The van der Waals surface area contributed by atoms with Gasteiger partial charge >= 0.3 is 5.97 Å². The van der Waals surface area contributed by atoms with Gasteiger partial charge in [0.25, 0.3) is 5.91 Å². The van der Waals surface area contributed by atoms with Gasteiger partial charge in [0.2, 0.25) is 0 Å². The van der Waals surface area contributed by atoms with Gasteiger partial charge in [-0.1, -0.05) is 29.3 Å². The number of piperidine rings is 1. The standard InChI is InChI=1S/C21H20Cl2N4O3/c1-2-30-21(29)14-4-3-9-26(12-14)20(28)15-11-25-27-18(7-8-24-19(15)27)13-5-6-16(22)17(23)10-13/h5-8,10-11,14H,2-4,9,12H2,1H3. The highest BCUT2D eigenvalue weighted by molar-refractivity contribution is 6.42. The van der Waals surface area contributed by atoms with Gasteiger partial charge in [-0.3, -0.25) is 9.59 Å². The van der Waals surface area contributed by atoms with Crippen LogP contribution >= 0.6 is 23.2 Å². The Bertz CT molecular complexity index is 1110. The lowest BCUT2D eigenvalue weighted by Crippen LogP contribution is -2.42. The van der Waals surface area contributed by atoms with Crippen molar-refractivity contribution in [1.29, 1.82) is 0 Å². The average Bonchev–Trinajstić information content (AvgIpc) is 3.19. The fraction of sp³-hybridized carbons (Fsp3) is 0.333. The normalized spacial score (nSPS) is 16.6. The van der Waals surface area contributed by atoms with Gasteiger partial charge in [-0.15, -0.1) is 0 Å². The Kier molecular flexibility index (Phi) is 5.92. The maximum absolute atomic E-state index is 13.2. The van der Waals surface area contributed by atoms with E-state index in [9.17, 15) is 9.59 Å². The molecular formula is C21H20Cl2N4O3. The second-order valence-electron chi connectivity index (χ2n) is 7.09. The first-order valence-electron chi connectivity index (χ1n) is 9.73. The Balaban J connectivity index is 1.64. The number of fused-ring (bicyclic) bond motifs is 1. The summed E-state index contributed by atoms with van der Waals surface area (Å²) < 4.78 is 6.74. The minimum absolute atomic E-state index is 0.196. The van der Waals surface area contributed by atoms with Gasteiger partial charge in [0.1, 0.15) is 5.56 Å². The van der Waals surface area contributed by atoms with Gasteiger partial charge in [-0.2, -0.15) is 5.10 Å². The number of benzene rings is 1. The quantitative estimate of drug-likeness (QED) is 0.563. The van der Waals surface area contributed by atoms with E-state index in [0.717, 1.165) is 24.1 Å². The first-order valence-corrected chi connectivity index (χ1v) is 10.5. The molecule has 1 aliphatic rings. The second kappa shape index (κ2) is 8.62. The molecule has 0 spiro atoms. The van der Waals surface area contributed by atoms with Crippen molar-refractivity contribution in [2.45, 2.75) is 19.8 Å². The first kappa shape index (κ1) is 20.6. The number of hydrogen-bond donors (Lipinski definition) is 0. The smallest absolute Gasteiger partial charge is 0.310 e. The lowest BCUT2D eigenvalue weighted by atomic mass is 9.97. The average molecular weight is 447 g/mol. The summed E-state index contributed by atoms with van der Waals surface area (Å²) in [6.07, 6.45) is 4.61. The zero-order valence-electron chi connectivity index (χ0n) is 16.3. The minimum Gasteiger partial charge on any atom is -0.466 e. The van der Waals surface area contributed by atoms with Crippen LogP contribution in [0.2, 0.25) is 10.0 Å². The summed E-state index contributed by atoms with van der Waals surface area (Å²) in [5.74, 6) is -0.753. The Hall–Kier alpha value is -2.64. The molecule has 1 unspecified atom stereocenters. The Labute approximate surface area is 183 Å². The van der Waals surface area contributed by atoms with Gasteiger partial charge < -0.3 is 9.64 Å². The topological polar surface area (TPSA) is 76.8 Å². The third kappa shape index (κ3) is 3.87. The van der Waals surface area contributed by atoms with Crippen molar-refractivity contribution in [3.63, 3.8) is 0 Å². The third-order valence-corrected chi connectivity index (χ3v) is 5.91. The Morgan fingerprint density at radius 1 is 1.23 bits per heavy atom. The van der Waals surface area contributed by atoms with E-state index < -0.39 is 0 Å². The zero-order chi connectivity index (χ0) is 21.3. The lowest BCUT2D eigenvalue weighted by Gasteiger charge is -2.31. The van der Waals surface area contributed by atoms with Crippen molar-refractivity contribution in [1.82, 2.24) is 19.5 Å². The molecule has 0 radical (unpaired) electrons. The molecule has 9 heteroatoms. The largest absolute Gasteiger partial charge is 0.466 e. The van der Waals surface area contributed by atoms with Crippen LogP contribution in [-0.2, 0) is 9.53 Å². The summed E-state index contributed by atoms with van der Waals surface area (Å²) in [4.78, 5) is 31.3. The number of carbonyl (C=O) groups is 2. The fourth-order valence-corrected chi connectivity index (χ4v) is 4.00. The SMILES string of the molecule is CCOC(=O)C1CCCN(C(=O)c2cnn3c(-c4ccc(Cl)c(Cl)c4)ccnc23)C1. The van der Waals surface area contributed by atoms with E-state index in [1.54, 1.807) is 40.7 Å². The van der Waals surface area contributed by atoms with E-state index in [4.69, 9.17) is 27.9 Å². The maximum atomic E-state index is 13.2. The van der Waals surface area contributed by atoms with Gasteiger partial charge in [0.15, 0.2) is 5.65 Å². The Morgan fingerprint density at radius 3 is 2.83 bits per heavy atom. The van der Waals surface area contributed by atoms with E-state index in [-0.39, 0.29) is 17.8 Å². The molecular weight excluding hydrogens is 427 g/mol. The molecule has 4 rings (SSSR count). The molecule has 156 valence electrons. The summed E-state index contributed by atoms with van der Waals surface area (Å²) in [7, 11) is 0. The molecule has 0 aliphatic carbocycles. The Morgan fingerprint density at radius 2 is 2.07 bits per heavy atom. The molecule has 0 saturated carbocycles. The number of aromatic nitrogens is 3. The third-order valence-electron chi connectivity index (χ3n) is 5.18. The van der Waals surface area contributed by atoms with E-state index >= 15 is 0 Å². The molecule has 7 nitrogen and oxygen atoms in total. The van der Waals surface area contributed by atoms with E-state index in [1.165, 1.54) is 6.20 Å². The van der Waals surface area contributed by atoms with Crippen molar-refractivity contribution >= 4 is 40.7 Å². The van der Waals surface area contributed by atoms with Crippen molar-refractivity contribution in [2.24, 2.45) is 5.92 Å². The number of rotatable bonds is 4. The molecule has 3 aromatic rings. The van der Waals surface area contributed by atoms with Gasteiger partial charge in [-0.05, 0) is 38.0 Å². The van der Waals surface area contributed by atoms with Crippen molar-refractivity contribution in [2.75, 3.05) is 19.7 Å². The summed E-state index contributed by atoms with van der Waals surface area (Å²) in [5.41, 5.74) is 2.38. The highest BCUT2D eigenvalue weighted by Gasteiger charge is 2.31. The first-order chi connectivity index (χ1) is 14.5. The fourth-order valence-electron chi connectivity index (χ4n) is 3.70. The monoisotopic (exact) mass is 446 g/mol. The highest BCUT2D eigenvalue weighted by atomic mass is 35.5. The molecule has 1 saturated heterocycles. The maximum Gasteiger partial charge on any atom is 0.310 e. The van der Waals surface area contributed by atoms with Gasteiger partial charge in [0, 0.05) is 24.8 Å². The van der Waals surface area contributed by atoms with Crippen LogP contribution in [0.1, 0.15) is 30.1 Å². The summed E-state index contributed by atoms with van der Waals surface area (Å²) in [6, 6.07) is 7.09. The molecule has 1 aliphatic heterocycles. The van der Waals surface area contributed by atoms with Gasteiger partial charge in [0.05, 0.1) is 34.5 Å². The molecule has 1 fully saturated rings. The molecule has 0 bridgehead atoms. The summed E-state index contributed by atoms with van der Waals surface area (Å²) >= 11 is 12.2. The van der Waals surface area contributed by atoms with E-state index in [0.29, 0.717) is 41.0 Å². The van der Waals surface area contributed by atoms with Crippen LogP contribution < -0.4 is 0 Å². The highest BCUT2D eigenvalue weighted by Crippen LogP contribution is 2.29. The number of amides is 1. The predicted octanol–water partition coefficient (Wildman–Crippen LogP) is 4.12. The number of ether oxygens (including phenoxy) is 1. The van der Waals surface area contributed by atoms with Crippen molar-refractivity contribution in [3.8, 4) is 11.3 Å². The van der Waals surface area contributed by atoms with Crippen LogP contribution in [0.5, 0.6) is 0 Å². The van der Waals surface area contributed by atoms with Gasteiger partial charge in [-0.25, -0.2) is 9.50 Å². The number of carbonyl (C=O) groups excluding carboxylic acids is 2. The number of hydrogen-bond acceptors (Lipinski definition) is 5. The van der Waals surface area contributed by atoms with Crippen LogP contribution in [0.25, 0.3) is 16.9 Å². The van der Waals surface area contributed by atoms with E-state index in [2.05, 4.69) is 10.1 Å². The van der Waals surface area contributed by atoms with Crippen LogP contribution in [-0.4, -0.2) is 51.1 Å². The zero-order valence-corrected chi connectivity index (χ0v) is 17.9. The summed E-state index contributed by atoms with van der Waals surface area (Å²) in [6.45, 7) is 3.03. The molecule has 1 aromatic carbocycles. The van der Waals surface area contributed by atoms with Crippen LogP contribution in [0.15, 0.2) is 36.7 Å². The number of nitrogens with zero attached hydrogens (tertiary/aromatic N) is 4. The predicted molar refractivity (Wildman–Crippen MR) is 114 cm³/mol. The molecule has 1 amide bonds. The molecule has 3 heterocycles. The van der Waals surface area contributed by atoms with Crippen LogP contribution in [0.4, 0.5) is 0 Å². The minimum atomic E-state index is -0.302. The van der Waals surface area contributed by atoms with E-state index in [1.807, 2.05) is 6.07 Å². The van der Waals surface area contributed by atoms with Crippen molar-refractivity contribution < 1.29 is 14.3 Å².